The summed E-state index contributed by atoms with van der Waals surface area (Å²) in [5, 5.41) is 8.28. The van der Waals surface area contributed by atoms with Crippen LogP contribution in [0.4, 0.5) is 0 Å². The summed E-state index contributed by atoms with van der Waals surface area (Å²) in [5.74, 6) is 0.0910. The van der Waals surface area contributed by atoms with Crippen LogP contribution in [0, 0.1) is 6.92 Å². The minimum absolute atomic E-state index is 0.0910. The molecule has 1 N–H and O–H groups in total. The number of amides is 1. The summed E-state index contributed by atoms with van der Waals surface area (Å²) in [6.45, 7) is 5.03. The van der Waals surface area contributed by atoms with Crippen LogP contribution in [0.5, 0.6) is 0 Å². The summed E-state index contributed by atoms with van der Waals surface area (Å²) in [4.78, 5) is 20.3. The van der Waals surface area contributed by atoms with Crippen molar-refractivity contribution in [2.45, 2.75) is 38.8 Å². The first-order valence-corrected chi connectivity index (χ1v) is 9.40. The zero-order chi connectivity index (χ0) is 15.4. The van der Waals surface area contributed by atoms with Gasteiger partial charge in [-0.15, -0.1) is 22.7 Å². The Morgan fingerprint density at radius 1 is 1.50 bits per heavy atom. The van der Waals surface area contributed by atoms with Gasteiger partial charge < -0.3 is 5.32 Å². The summed E-state index contributed by atoms with van der Waals surface area (Å²) < 4.78 is 0. The number of piperidine rings is 1. The molecule has 2 aromatic heterocycles. The second kappa shape index (κ2) is 7.35. The molecule has 0 bridgehead atoms. The standard InChI is InChI=1S/C16H21N3OS2/c1-12-17-14(11-22-12)8-16(20)18-13-4-2-6-19(9-13)10-15-5-3-7-21-15/h3,5,7,11,13H,2,4,6,8-10H2,1H3,(H,18,20)/t13-/m0/s1. The van der Waals surface area contributed by atoms with Crippen LogP contribution in [0.2, 0.25) is 0 Å². The van der Waals surface area contributed by atoms with E-state index in [9.17, 15) is 4.79 Å². The minimum Gasteiger partial charge on any atom is -0.352 e. The maximum atomic E-state index is 12.2. The smallest absolute Gasteiger partial charge is 0.226 e. The number of hydrogen-bond donors (Lipinski definition) is 1. The first kappa shape index (κ1) is 15.6. The number of aryl methyl sites for hydroxylation is 1. The molecular formula is C16H21N3OS2. The van der Waals surface area contributed by atoms with Crippen LogP contribution in [0.3, 0.4) is 0 Å². The molecular weight excluding hydrogens is 314 g/mol. The van der Waals surface area contributed by atoms with Crippen molar-refractivity contribution in [3.05, 3.63) is 38.5 Å². The fourth-order valence-corrected chi connectivity index (χ4v) is 4.23. The second-order valence-electron chi connectivity index (χ2n) is 5.76. The minimum atomic E-state index is 0.0910. The molecule has 1 aliphatic rings. The van der Waals surface area contributed by atoms with E-state index in [1.807, 2.05) is 12.3 Å². The predicted molar refractivity (Wildman–Crippen MR) is 91.3 cm³/mol. The molecule has 22 heavy (non-hydrogen) atoms. The van der Waals surface area contributed by atoms with Crippen molar-refractivity contribution in [1.29, 1.82) is 0 Å². The van der Waals surface area contributed by atoms with Crippen LogP contribution in [-0.2, 0) is 17.8 Å². The number of thiazole rings is 1. The van der Waals surface area contributed by atoms with Crippen molar-refractivity contribution in [3.8, 4) is 0 Å². The lowest BCUT2D eigenvalue weighted by Gasteiger charge is -2.32. The molecule has 1 saturated heterocycles. The molecule has 0 saturated carbocycles. The lowest BCUT2D eigenvalue weighted by atomic mass is 10.1. The maximum absolute atomic E-state index is 12.2. The van der Waals surface area contributed by atoms with Gasteiger partial charge in [0.05, 0.1) is 17.1 Å². The molecule has 1 aliphatic heterocycles. The van der Waals surface area contributed by atoms with E-state index in [1.165, 1.54) is 4.88 Å². The molecule has 3 rings (SSSR count). The highest BCUT2D eigenvalue weighted by Gasteiger charge is 2.21. The molecule has 1 fully saturated rings. The Kier molecular flexibility index (Phi) is 5.23. The van der Waals surface area contributed by atoms with Gasteiger partial charge in [0.25, 0.3) is 0 Å². The normalized spacial score (nSPS) is 19.2. The Morgan fingerprint density at radius 2 is 2.41 bits per heavy atom. The van der Waals surface area contributed by atoms with Gasteiger partial charge in [0.15, 0.2) is 0 Å². The summed E-state index contributed by atoms with van der Waals surface area (Å²) in [5.41, 5.74) is 0.881. The average molecular weight is 335 g/mol. The topological polar surface area (TPSA) is 45.2 Å². The van der Waals surface area contributed by atoms with E-state index in [1.54, 1.807) is 22.7 Å². The molecule has 118 valence electrons. The first-order valence-electron chi connectivity index (χ1n) is 7.64. The van der Waals surface area contributed by atoms with E-state index in [0.717, 1.165) is 43.2 Å². The number of rotatable bonds is 5. The van der Waals surface area contributed by atoms with Gasteiger partial charge >= 0.3 is 0 Å². The van der Waals surface area contributed by atoms with E-state index < -0.39 is 0 Å². The Balaban J connectivity index is 1.48. The van der Waals surface area contributed by atoms with Crippen LogP contribution in [-0.4, -0.2) is 34.9 Å². The molecule has 0 aromatic carbocycles. The number of thiophene rings is 1. The van der Waals surface area contributed by atoms with Crippen LogP contribution >= 0.6 is 22.7 Å². The van der Waals surface area contributed by atoms with Crippen molar-refractivity contribution in [2.75, 3.05) is 13.1 Å². The molecule has 0 radical (unpaired) electrons. The van der Waals surface area contributed by atoms with Gasteiger partial charge in [0.2, 0.25) is 5.91 Å². The van der Waals surface area contributed by atoms with Crippen molar-refractivity contribution in [2.24, 2.45) is 0 Å². The summed E-state index contributed by atoms with van der Waals surface area (Å²) in [6.07, 6.45) is 2.61. The van der Waals surface area contributed by atoms with Crippen molar-refractivity contribution < 1.29 is 4.79 Å². The highest BCUT2D eigenvalue weighted by atomic mass is 32.1. The van der Waals surface area contributed by atoms with Gasteiger partial charge in [-0.05, 0) is 37.8 Å². The van der Waals surface area contributed by atoms with Gasteiger partial charge in [-0.3, -0.25) is 9.69 Å². The molecule has 0 unspecified atom stereocenters. The largest absolute Gasteiger partial charge is 0.352 e. The predicted octanol–water partition coefficient (Wildman–Crippen LogP) is 2.84. The molecule has 1 atom stereocenters. The number of nitrogens with zero attached hydrogens (tertiary/aromatic N) is 2. The van der Waals surface area contributed by atoms with E-state index >= 15 is 0 Å². The summed E-state index contributed by atoms with van der Waals surface area (Å²) in [6, 6.07) is 4.54. The van der Waals surface area contributed by atoms with Crippen LogP contribution < -0.4 is 5.32 Å². The zero-order valence-corrected chi connectivity index (χ0v) is 14.4. The third-order valence-electron chi connectivity index (χ3n) is 3.84. The summed E-state index contributed by atoms with van der Waals surface area (Å²) in [7, 11) is 0. The average Bonchev–Trinajstić information content (AvgIpc) is 3.11. The molecule has 4 nitrogen and oxygen atoms in total. The number of carbonyl (C=O) groups is 1. The first-order chi connectivity index (χ1) is 10.7. The number of carbonyl (C=O) groups excluding carboxylic acids is 1. The fourth-order valence-electron chi connectivity index (χ4n) is 2.87. The Morgan fingerprint density at radius 3 is 3.14 bits per heavy atom. The van der Waals surface area contributed by atoms with Crippen LogP contribution in [0.25, 0.3) is 0 Å². The van der Waals surface area contributed by atoms with Gasteiger partial charge in [0.1, 0.15) is 0 Å². The molecule has 2 aromatic rings. The van der Waals surface area contributed by atoms with Crippen molar-refractivity contribution in [1.82, 2.24) is 15.2 Å². The van der Waals surface area contributed by atoms with Gasteiger partial charge in [-0.25, -0.2) is 4.98 Å². The molecule has 1 amide bonds. The Hall–Kier alpha value is -1.24. The lowest BCUT2D eigenvalue weighted by molar-refractivity contribution is -0.121. The van der Waals surface area contributed by atoms with Gasteiger partial charge in [-0.2, -0.15) is 0 Å². The van der Waals surface area contributed by atoms with Crippen LogP contribution in [0.1, 0.15) is 28.4 Å². The Bertz CT molecular complexity index is 609. The van der Waals surface area contributed by atoms with Crippen molar-refractivity contribution in [3.63, 3.8) is 0 Å². The van der Waals surface area contributed by atoms with E-state index in [4.69, 9.17) is 0 Å². The van der Waals surface area contributed by atoms with E-state index in [0.29, 0.717) is 6.42 Å². The zero-order valence-electron chi connectivity index (χ0n) is 12.7. The van der Waals surface area contributed by atoms with Crippen LogP contribution in [0.15, 0.2) is 22.9 Å². The monoisotopic (exact) mass is 335 g/mol. The van der Waals surface area contributed by atoms with E-state index in [2.05, 4.69) is 32.7 Å². The highest BCUT2D eigenvalue weighted by Crippen LogP contribution is 2.17. The van der Waals surface area contributed by atoms with Gasteiger partial charge in [0, 0.05) is 29.4 Å². The number of hydrogen-bond acceptors (Lipinski definition) is 5. The SMILES string of the molecule is Cc1nc(CC(=O)N[C@H]2CCCN(Cc3cccs3)C2)cs1. The molecule has 0 aliphatic carbocycles. The maximum Gasteiger partial charge on any atom is 0.226 e. The number of nitrogens with one attached hydrogen (secondary N) is 1. The lowest BCUT2D eigenvalue weighted by Crippen LogP contribution is -2.47. The number of likely N-dealkylation sites (tertiary alicyclic amines) is 1. The molecule has 0 spiro atoms. The van der Waals surface area contributed by atoms with E-state index in [-0.39, 0.29) is 11.9 Å². The second-order valence-corrected chi connectivity index (χ2v) is 7.85. The third kappa shape index (κ3) is 4.38. The molecule has 3 heterocycles. The third-order valence-corrected chi connectivity index (χ3v) is 5.52. The molecule has 6 heteroatoms. The highest BCUT2D eigenvalue weighted by molar-refractivity contribution is 7.10. The van der Waals surface area contributed by atoms with Gasteiger partial charge in [-0.1, -0.05) is 6.07 Å². The fraction of sp³-hybridized carbons (Fsp3) is 0.500. The number of aromatic nitrogens is 1. The summed E-state index contributed by atoms with van der Waals surface area (Å²) >= 11 is 3.40. The van der Waals surface area contributed by atoms with Crippen molar-refractivity contribution >= 4 is 28.6 Å². The Labute approximate surface area is 139 Å². The quantitative estimate of drug-likeness (QED) is 0.914.